The first-order valence-corrected chi connectivity index (χ1v) is 2.12. The van der Waals surface area contributed by atoms with Crippen molar-refractivity contribution in [3.05, 3.63) is 0 Å². The van der Waals surface area contributed by atoms with E-state index in [0.717, 1.165) is 0 Å². The van der Waals surface area contributed by atoms with Crippen molar-refractivity contribution in [1.82, 2.24) is 0 Å². The van der Waals surface area contributed by atoms with Crippen LogP contribution >= 0.6 is 23.2 Å². The van der Waals surface area contributed by atoms with Crippen molar-refractivity contribution in [1.29, 1.82) is 0 Å². The Labute approximate surface area is 44.7 Å². The largest absolute Gasteiger partial charge is 0.373 e. The molecule has 0 rings (SSSR count). The normalized spacial score (nSPS) is 20.0. The third-order valence-electron chi connectivity index (χ3n) is 0.208. The Kier molecular flexibility index (Phi) is 2.82. The molecule has 1 N–H and O–H groups in total. The molecule has 0 aromatic rings. The van der Waals surface area contributed by atoms with Crippen molar-refractivity contribution in [3.8, 4) is 0 Å². The number of aliphatic hydroxyl groups excluding tert-OH is 1. The molecule has 0 radical (unpaired) electrons. The standard InChI is InChI=1S/C2H3Cl2FO/c3-1(5)2(4)6/h1-2,6H. The highest BCUT2D eigenvalue weighted by atomic mass is 35.5. The van der Waals surface area contributed by atoms with Crippen LogP contribution in [0, 0.1) is 0 Å². The fraction of sp³-hybridized carbons (Fsp3) is 1.00. The van der Waals surface area contributed by atoms with Gasteiger partial charge in [0.1, 0.15) is 0 Å². The zero-order valence-corrected chi connectivity index (χ0v) is 4.25. The predicted octanol–water partition coefficient (Wildman–Crippen LogP) is 1.08. The van der Waals surface area contributed by atoms with Crippen molar-refractivity contribution in [3.63, 3.8) is 0 Å². The number of hydrogen-bond acceptors (Lipinski definition) is 1. The number of alkyl halides is 3. The summed E-state index contributed by atoms with van der Waals surface area (Å²) < 4.78 is 11.2. The van der Waals surface area contributed by atoms with Gasteiger partial charge < -0.3 is 5.11 Å². The molecule has 0 aromatic heterocycles. The summed E-state index contributed by atoms with van der Waals surface area (Å²) in [5, 5.41) is 7.89. The Balaban J connectivity index is 2.99. The Bertz CT molecular complexity index is 32.5. The van der Waals surface area contributed by atoms with Crippen LogP contribution < -0.4 is 0 Å². The zero-order chi connectivity index (χ0) is 5.15. The van der Waals surface area contributed by atoms with Crippen LogP contribution in [0.5, 0.6) is 0 Å². The van der Waals surface area contributed by atoms with Gasteiger partial charge in [-0.25, -0.2) is 4.39 Å². The molecule has 0 aliphatic rings. The van der Waals surface area contributed by atoms with E-state index in [1.54, 1.807) is 0 Å². The Morgan fingerprint density at radius 2 is 1.67 bits per heavy atom. The summed E-state index contributed by atoms with van der Waals surface area (Å²) in [7, 11) is 0. The van der Waals surface area contributed by atoms with Crippen molar-refractivity contribution in [2.45, 2.75) is 11.2 Å². The maximum Gasteiger partial charge on any atom is 0.212 e. The van der Waals surface area contributed by atoms with E-state index in [1.165, 1.54) is 0 Å². The highest BCUT2D eigenvalue weighted by Gasteiger charge is 2.08. The van der Waals surface area contributed by atoms with Crippen LogP contribution in [-0.2, 0) is 0 Å². The molecule has 4 heteroatoms. The van der Waals surface area contributed by atoms with E-state index >= 15 is 0 Å². The molecule has 0 heterocycles. The second-order valence-corrected chi connectivity index (χ2v) is 1.57. The second-order valence-electron chi connectivity index (χ2n) is 0.707. The minimum absolute atomic E-state index is 1.58. The molecular formula is C2H3Cl2FO. The minimum Gasteiger partial charge on any atom is -0.373 e. The summed E-state index contributed by atoms with van der Waals surface area (Å²) in [6, 6.07) is 0. The highest BCUT2D eigenvalue weighted by molar-refractivity contribution is 6.28. The van der Waals surface area contributed by atoms with Gasteiger partial charge in [0, 0.05) is 0 Å². The van der Waals surface area contributed by atoms with E-state index in [-0.39, 0.29) is 0 Å². The predicted molar refractivity (Wildman–Crippen MR) is 22.6 cm³/mol. The molecule has 0 bridgehead atoms. The Hall–Kier alpha value is 0.470. The first kappa shape index (κ1) is 6.47. The first-order valence-electron chi connectivity index (χ1n) is 1.25. The molecule has 2 atom stereocenters. The van der Waals surface area contributed by atoms with Gasteiger partial charge in [-0.3, -0.25) is 0 Å². The van der Waals surface area contributed by atoms with Gasteiger partial charge in [0.25, 0.3) is 0 Å². The summed E-state index contributed by atoms with van der Waals surface area (Å²) in [5.74, 6) is 0. The maximum absolute atomic E-state index is 11.2. The molecular weight excluding hydrogens is 130 g/mol. The number of halogens is 3. The maximum atomic E-state index is 11.2. The second kappa shape index (κ2) is 2.61. The Morgan fingerprint density at radius 3 is 1.67 bits per heavy atom. The average Bonchev–Trinajstić information content (AvgIpc) is 1.36. The molecule has 0 amide bonds. The lowest BCUT2D eigenvalue weighted by molar-refractivity contribution is 0.191. The van der Waals surface area contributed by atoms with Crippen LogP contribution in [0.2, 0.25) is 0 Å². The lowest BCUT2D eigenvalue weighted by atomic mass is 10.8. The SMILES string of the molecule is OC(Cl)C(F)Cl. The van der Waals surface area contributed by atoms with E-state index in [2.05, 4.69) is 23.2 Å². The van der Waals surface area contributed by atoms with E-state index in [0.29, 0.717) is 0 Å². The van der Waals surface area contributed by atoms with Crippen LogP contribution in [0.1, 0.15) is 0 Å². The van der Waals surface area contributed by atoms with E-state index < -0.39 is 11.2 Å². The number of aliphatic hydroxyl groups is 1. The van der Waals surface area contributed by atoms with Gasteiger partial charge in [-0.2, -0.15) is 0 Å². The van der Waals surface area contributed by atoms with Gasteiger partial charge >= 0.3 is 0 Å². The van der Waals surface area contributed by atoms with Crippen molar-refractivity contribution >= 4 is 23.2 Å². The van der Waals surface area contributed by atoms with E-state index in [4.69, 9.17) is 5.11 Å². The van der Waals surface area contributed by atoms with Gasteiger partial charge in [-0.05, 0) is 0 Å². The quantitative estimate of drug-likeness (QED) is 0.530. The molecule has 0 aromatic carbocycles. The number of rotatable bonds is 1. The highest BCUT2D eigenvalue weighted by Crippen LogP contribution is 2.06. The molecule has 1 nitrogen and oxygen atoms in total. The van der Waals surface area contributed by atoms with Gasteiger partial charge in [-0.15, -0.1) is 0 Å². The summed E-state index contributed by atoms with van der Waals surface area (Å²) in [4.78, 5) is 0. The van der Waals surface area contributed by atoms with Gasteiger partial charge in [0.15, 0.2) is 5.56 Å². The molecule has 0 spiro atoms. The van der Waals surface area contributed by atoms with Crippen LogP contribution in [0.15, 0.2) is 0 Å². The molecule has 0 aliphatic heterocycles. The van der Waals surface area contributed by atoms with E-state index in [9.17, 15) is 4.39 Å². The van der Waals surface area contributed by atoms with Crippen LogP contribution in [-0.4, -0.2) is 16.3 Å². The van der Waals surface area contributed by atoms with Gasteiger partial charge in [-0.1, -0.05) is 23.2 Å². The van der Waals surface area contributed by atoms with Crippen molar-refractivity contribution < 1.29 is 9.50 Å². The summed E-state index contributed by atoms with van der Waals surface area (Å²) >= 11 is 9.23. The molecule has 0 saturated carbocycles. The third kappa shape index (κ3) is 2.69. The Morgan fingerprint density at radius 1 is 1.50 bits per heavy atom. The van der Waals surface area contributed by atoms with Gasteiger partial charge in [0.2, 0.25) is 5.63 Å². The molecule has 38 valence electrons. The average molecular weight is 133 g/mol. The third-order valence-corrected chi connectivity index (χ3v) is 0.797. The van der Waals surface area contributed by atoms with E-state index in [1.807, 2.05) is 0 Å². The van der Waals surface area contributed by atoms with Crippen LogP contribution in [0.25, 0.3) is 0 Å². The molecule has 0 saturated heterocycles. The molecule has 2 unspecified atom stereocenters. The lowest BCUT2D eigenvalue weighted by Crippen LogP contribution is -2.06. The molecule has 0 fully saturated rings. The zero-order valence-electron chi connectivity index (χ0n) is 2.74. The fourth-order valence-electron chi connectivity index (χ4n) is 0. The summed E-state index contributed by atoms with van der Waals surface area (Å²) in [6.07, 6.45) is 0. The number of hydrogen-bond donors (Lipinski definition) is 1. The topological polar surface area (TPSA) is 20.2 Å². The van der Waals surface area contributed by atoms with Crippen LogP contribution in [0.4, 0.5) is 4.39 Å². The minimum atomic E-state index is -1.85. The van der Waals surface area contributed by atoms with Crippen LogP contribution in [0.3, 0.4) is 0 Å². The fourth-order valence-corrected chi connectivity index (χ4v) is 0. The first-order chi connectivity index (χ1) is 2.64. The summed E-state index contributed by atoms with van der Waals surface area (Å²) in [6.45, 7) is 0. The smallest absolute Gasteiger partial charge is 0.212 e. The lowest BCUT2D eigenvalue weighted by Gasteiger charge is -1.95. The van der Waals surface area contributed by atoms with Gasteiger partial charge in [0.05, 0.1) is 0 Å². The van der Waals surface area contributed by atoms with Crippen molar-refractivity contribution in [2.75, 3.05) is 0 Å². The monoisotopic (exact) mass is 132 g/mol. The van der Waals surface area contributed by atoms with Crippen molar-refractivity contribution in [2.24, 2.45) is 0 Å². The molecule has 0 aliphatic carbocycles. The molecule has 6 heavy (non-hydrogen) atoms. The summed E-state index contributed by atoms with van der Waals surface area (Å²) in [5.41, 5.74) is -3.43.